The minimum Gasteiger partial charge on any atom is -0.456 e. The van der Waals surface area contributed by atoms with E-state index in [2.05, 4.69) is 0 Å². The number of esters is 1. The molecule has 0 bridgehead atoms. The molecular formula is C29H27N2O8P. The van der Waals surface area contributed by atoms with Crippen LogP contribution in [0, 0.1) is 22.0 Å². The molecule has 11 heteroatoms. The molecular weight excluding hydrogens is 535 g/mol. The number of amides is 1. The number of ether oxygens (including phenoxy) is 1. The monoisotopic (exact) mass is 562 g/mol. The van der Waals surface area contributed by atoms with Gasteiger partial charge in [0.25, 0.3) is 5.69 Å². The highest BCUT2D eigenvalue weighted by molar-refractivity contribution is 7.59. The van der Waals surface area contributed by atoms with Crippen molar-refractivity contribution in [3.63, 3.8) is 0 Å². The number of β-lactam (4-membered cyclic amide) rings is 1. The first kappa shape index (κ1) is 27.1. The predicted octanol–water partition coefficient (Wildman–Crippen LogP) is 6.09. The smallest absolute Gasteiger partial charge is 0.456 e. The van der Waals surface area contributed by atoms with Crippen LogP contribution in [0.25, 0.3) is 0 Å². The van der Waals surface area contributed by atoms with Crippen LogP contribution >= 0.6 is 7.60 Å². The molecule has 3 aromatic carbocycles. The molecule has 2 aliphatic rings. The van der Waals surface area contributed by atoms with E-state index in [0.717, 1.165) is 0 Å². The van der Waals surface area contributed by atoms with E-state index < -0.39 is 30.4 Å². The lowest BCUT2D eigenvalue weighted by atomic mass is 9.81. The van der Waals surface area contributed by atoms with Gasteiger partial charge in [0.2, 0.25) is 5.91 Å². The molecule has 0 aromatic heterocycles. The Bertz CT molecular complexity index is 1460. The predicted molar refractivity (Wildman–Crippen MR) is 145 cm³/mol. The van der Waals surface area contributed by atoms with E-state index >= 15 is 0 Å². The summed E-state index contributed by atoms with van der Waals surface area (Å²) in [5.41, 5.74) is 0.264. The second kappa shape index (κ2) is 11.0. The number of fused-ring (bicyclic) bond motifs is 1. The molecule has 0 saturated carbocycles. The van der Waals surface area contributed by atoms with Crippen molar-refractivity contribution in [1.29, 1.82) is 0 Å². The maximum atomic E-state index is 14.8. The van der Waals surface area contributed by atoms with Crippen LogP contribution in [-0.4, -0.2) is 27.7 Å². The molecule has 2 aliphatic heterocycles. The molecule has 0 spiro atoms. The van der Waals surface area contributed by atoms with Crippen molar-refractivity contribution in [2.24, 2.45) is 11.8 Å². The Morgan fingerprint density at radius 3 is 2.00 bits per heavy atom. The highest BCUT2D eigenvalue weighted by Gasteiger charge is 2.62. The van der Waals surface area contributed by atoms with Gasteiger partial charge in [0.05, 0.1) is 16.9 Å². The minimum absolute atomic E-state index is 0.0724. The van der Waals surface area contributed by atoms with Crippen molar-refractivity contribution < 1.29 is 32.9 Å². The van der Waals surface area contributed by atoms with Gasteiger partial charge in [0, 0.05) is 18.1 Å². The molecule has 1 fully saturated rings. The normalized spacial score (nSPS) is 20.0. The van der Waals surface area contributed by atoms with E-state index in [9.17, 15) is 24.3 Å². The number of non-ortho nitro benzene ring substituents is 1. The molecule has 10 nitrogen and oxygen atoms in total. The standard InChI is InChI=1S/C29H27N2O8P/c1-3-24-25-19(2)27(40(36,38-22-10-6-4-7-11-22)39-23-12-8-5-9-13-23)26(30(25)28(24)32)29(33)37-18-20-14-16-21(17-15-20)31(34)35/h4-17,19,24-25H,3,18H2,1-2H3/t19-,24-,25-/m1/s1. The SMILES string of the molecule is CC[C@H]1C(=O)N2C(C(=O)OCc3ccc([N+](=O)[O-])cc3)=C(P(=O)(Oc3ccccc3)Oc3ccccc3)[C@H](C)[C@H]12. The zero-order valence-corrected chi connectivity index (χ0v) is 22.7. The average Bonchev–Trinajstić information content (AvgIpc) is 3.22. The minimum atomic E-state index is -4.28. The Hall–Kier alpha value is -4.43. The Labute approximate surface area is 230 Å². The summed E-state index contributed by atoms with van der Waals surface area (Å²) in [6.45, 7) is 3.47. The van der Waals surface area contributed by atoms with Gasteiger partial charge in [-0.05, 0) is 48.4 Å². The van der Waals surface area contributed by atoms with Crippen molar-refractivity contribution in [3.8, 4) is 11.5 Å². The Morgan fingerprint density at radius 1 is 0.950 bits per heavy atom. The molecule has 0 unspecified atom stereocenters. The number of para-hydroxylation sites is 2. The largest absolute Gasteiger partial charge is 0.461 e. The topological polar surface area (TPSA) is 125 Å². The van der Waals surface area contributed by atoms with Crippen LogP contribution in [0.15, 0.2) is 95.9 Å². The third kappa shape index (κ3) is 4.98. The van der Waals surface area contributed by atoms with Crippen molar-refractivity contribution in [1.82, 2.24) is 4.90 Å². The number of carbonyl (C=O) groups excluding carboxylic acids is 2. The van der Waals surface area contributed by atoms with Crippen molar-refractivity contribution in [2.75, 3.05) is 0 Å². The number of carbonyl (C=O) groups is 2. The summed E-state index contributed by atoms with van der Waals surface area (Å²) in [5.74, 6) is -1.46. The fourth-order valence-corrected chi connectivity index (χ4v) is 7.33. The fraction of sp³-hybridized carbons (Fsp3) is 0.241. The summed E-state index contributed by atoms with van der Waals surface area (Å²) in [5, 5.41) is 11.0. The van der Waals surface area contributed by atoms with Gasteiger partial charge >= 0.3 is 13.6 Å². The van der Waals surface area contributed by atoms with Gasteiger partial charge in [-0.2, -0.15) is 0 Å². The van der Waals surface area contributed by atoms with Crippen LogP contribution in [0.5, 0.6) is 11.5 Å². The van der Waals surface area contributed by atoms with E-state index in [1.54, 1.807) is 67.6 Å². The number of rotatable bonds is 10. The average molecular weight is 563 g/mol. The number of hydrogen-bond acceptors (Lipinski definition) is 8. The molecule has 1 saturated heterocycles. The van der Waals surface area contributed by atoms with Gasteiger partial charge < -0.3 is 18.7 Å². The number of nitro benzene ring substituents is 1. The number of benzene rings is 3. The number of nitrogens with zero attached hydrogens (tertiary/aromatic N) is 2. The van der Waals surface area contributed by atoms with Gasteiger partial charge in [-0.3, -0.25) is 14.9 Å². The maximum Gasteiger partial charge on any atom is 0.461 e. The van der Waals surface area contributed by atoms with Gasteiger partial charge in [-0.1, -0.05) is 50.2 Å². The molecule has 0 aliphatic carbocycles. The molecule has 3 atom stereocenters. The summed E-state index contributed by atoms with van der Waals surface area (Å²) in [7, 11) is -4.28. The zero-order valence-electron chi connectivity index (χ0n) is 21.8. The van der Waals surface area contributed by atoms with E-state index in [1.807, 2.05) is 6.92 Å². The first-order chi connectivity index (χ1) is 19.2. The number of nitro groups is 1. The fourth-order valence-electron chi connectivity index (χ4n) is 5.19. The molecule has 3 aromatic rings. The Kier molecular flexibility index (Phi) is 7.45. The van der Waals surface area contributed by atoms with E-state index in [1.165, 1.54) is 29.2 Å². The van der Waals surface area contributed by atoms with E-state index in [0.29, 0.717) is 12.0 Å². The lowest BCUT2D eigenvalue weighted by molar-refractivity contribution is -0.384. The van der Waals surface area contributed by atoms with Crippen LogP contribution in [-0.2, 0) is 25.5 Å². The summed E-state index contributed by atoms with van der Waals surface area (Å²) < 4.78 is 32.4. The first-order valence-corrected chi connectivity index (χ1v) is 14.4. The molecule has 0 radical (unpaired) electrons. The van der Waals surface area contributed by atoms with Gasteiger partial charge in [0.15, 0.2) is 0 Å². The van der Waals surface area contributed by atoms with E-state index in [-0.39, 0.29) is 46.6 Å². The highest BCUT2D eigenvalue weighted by Crippen LogP contribution is 2.65. The van der Waals surface area contributed by atoms with Crippen molar-refractivity contribution in [3.05, 3.63) is 112 Å². The highest BCUT2D eigenvalue weighted by atomic mass is 31.2. The summed E-state index contributed by atoms with van der Waals surface area (Å²) >= 11 is 0. The molecule has 5 rings (SSSR count). The summed E-state index contributed by atoms with van der Waals surface area (Å²) in [4.78, 5) is 38.5. The molecule has 1 amide bonds. The van der Waals surface area contributed by atoms with Crippen molar-refractivity contribution >= 4 is 25.2 Å². The lowest BCUT2D eigenvalue weighted by Crippen LogP contribution is -2.60. The molecule has 2 heterocycles. The second-order valence-electron chi connectivity index (χ2n) is 9.54. The zero-order chi connectivity index (χ0) is 28.4. The quantitative estimate of drug-likeness (QED) is 0.0956. The van der Waals surface area contributed by atoms with Crippen LogP contribution in [0.3, 0.4) is 0 Å². The summed E-state index contributed by atoms with van der Waals surface area (Å²) in [6.07, 6.45) is 0.548. The molecule has 40 heavy (non-hydrogen) atoms. The van der Waals surface area contributed by atoms with Crippen LogP contribution in [0.4, 0.5) is 5.69 Å². The third-order valence-electron chi connectivity index (χ3n) is 7.08. The Balaban J connectivity index is 1.55. The van der Waals surface area contributed by atoms with Gasteiger partial charge in [-0.15, -0.1) is 0 Å². The lowest BCUT2D eigenvalue weighted by Gasteiger charge is -2.45. The van der Waals surface area contributed by atoms with Crippen molar-refractivity contribution in [2.45, 2.75) is 32.9 Å². The van der Waals surface area contributed by atoms with Crippen LogP contribution in [0.1, 0.15) is 25.8 Å². The third-order valence-corrected chi connectivity index (χ3v) is 9.19. The Morgan fingerprint density at radius 2 is 1.50 bits per heavy atom. The molecule has 206 valence electrons. The summed E-state index contributed by atoms with van der Waals surface area (Å²) in [6, 6.07) is 22.1. The molecule has 0 N–H and O–H groups in total. The second-order valence-corrected chi connectivity index (χ2v) is 11.4. The first-order valence-electron chi connectivity index (χ1n) is 12.8. The maximum absolute atomic E-state index is 14.8. The van der Waals surface area contributed by atoms with Gasteiger partial charge in [0.1, 0.15) is 29.1 Å². The van der Waals surface area contributed by atoms with Crippen LogP contribution in [0.2, 0.25) is 0 Å². The van der Waals surface area contributed by atoms with Crippen LogP contribution < -0.4 is 9.05 Å². The van der Waals surface area contributed by atoms with Gasteiger partial charge in [-0.25, -0.2) is 9.36 Å². The van der Waals surface area contributed by atoms with E-state index in [4.69, 9.17) is 13.8 Å². The number of hydrogen-bond donors (Lipinski definition) is 0.